The predicted octanol–water partition coefficient (Wildman–Crippen LogP) is 3.50. The van der Waals surface area contributed by atoms with Gasteiger partial charge in [-0.25, -0.2) is 4.98 Å². The summed E-state index contributed by atoms with van der Waals surface area (Å²) in [4.78, 5) is 8.70. The van der Waals surface area contributed by atoms with Crippen LogP contribution in [0.4, 0.5) is 5.13 Å². The molecule has 1 saturated heterocycles. The van der Waals surface area contributed by atoms with Gasteiger partial charge in [0.05, 0.1) is 5.69 Å². The average Bonchev–Trinajstić information content (AvgIpc) is 3.19. The molecule has 0 aromatic carbocycles. The topological polar surface area (TPSA) is 42.2 Å². The van der Waals surface area contributed by atoms with Gasteiger partial charge in [-0.2, -0.15) is 0 Å². The van der Waals surface area contributed by atoms with Gasteiger partial charge in [0.25, 0.3) is 0 Å². The van der Waals surface area contributed by atoms with Crippen LogP contribution in [0.3, 0.4) is 0 Å². The molecule has 4 heteroatoms. The predicted molar refractivity (Wildman–Crippen MR) is 81.8 cm³/mol. The number of aromatic nitrogens is 1. The van der Waals surface area contributed by atoms with Gasteiger partial charge < -0.3 is 10.6 Å². The van der Waals surface area contributed by atoms with Gasteiger partial charge in [-0.05, 0) is 31.1 Å². The van der Waals surface area contributed by atoms with Crippen LogP contribution in [0.2, 0.25) is 0 Å². The molecular formula is C15H25N3S. The van der Waals surface area contributed by atoms with E-state index < -0.39 is 0 Å². The SMILES string of the molecule is CCC1(C)CCN(c2nc(C3CC3)c(CN)s2)CC1. The van der Waals surface area contributed by atoms with Crippen LogP contribution in [0.1, 0.15) is 62.4 Å². The summed E-state index contributed by atoms with van der Waals surface area (Å²) in [6.45, 7) is 7.71. The smallest absolute Gasteiger partial charge is 0.185 e. The van der Waals surface area contributed by atoms with Crippen molar-refractivity contribution < 1.29 is 0 Å². The highest BCUT2D eigenvalue weighted by Crippen LogP contribution is 2.45. The first-order chi connectivity index (χ1) is 9.15. The van der Waals surface area contributed by atoms with Crippen LogP contribution < -0.4 is 10.6 Å². The Labute approximate surface area is 120 Å². The highest BCUT2D eigenvalue weighted by atomic mass is 32.1. The van der Waals surface area contributed by atoms with E-state index in [9.17, 15) is 0 Å². The lowest BCUT2D eigenvalue weighted by atomic mass is 9.78. The number of nitrogens with zero attached hydrogens (tertiary/aromatic N) is 2. The Bertz CT molecular complexity index is 442. The van der Waals surface area contributed by atoms with Gasteiger partial charge in [0, 0.05) is 30.4 Å². The second-order valence-electron chi connectivity index (χ2n) is 6.43. The van der Waals surface area contributed by atoms with Crippen LogP contribution in [0.5, 0.6) is 0 Å². The lowest BCUT2D eigenvalue weighted by Gasteiger charge is -2.38. The average molecular weight is 279 g/mol. The normalized spacial score (nSPS) is 22.8. The molecule has 1 aliphatic heterocycles. The van der Waals surface area contributed by atoms with Crippen LogP contribution in [0.25, 0.3) is 0 Å². The third-order valence-corrected chi connectivity index (χ3v) is 6.11. The molecule has 106 valence electrons. The van der Waals surface area contributed by atoms with Gasteiger partial charge in [-0.1, -0.05) is 20.3 Å². The highest BCUT2D eigenvalue weighted by molar-refractivity contribution is 7.15. The van der Waals surface area contributed by atoms with Crippen molar-refractivity contribution in [2.45, 2.75) is 58.4 Å². The van der Waals surface area contributed by atoms with Crippen molar-refractivity contribution in [3.63, 3.8) is 0 Å². The van der Waals surface area contributed by atoms with E-state index in [-0.39, 0.29) is 0 Å². The lowest BCUT2D eigenvalue weighted by molar-refractivity contribution is 0.238. The summed E-state index contributed by atoms with van der Waals surface area (Å²) in [5.74, 6) is 0.717. The second-order valence-corrected chi connectivity index (χ2v) is 7.50. The fourth-order valence-electron chi connectivity index (χ4n) is 2.90. The fraction of sp³-hybridized carbons (Fsp3) is 0.800. The molecule has 1 aromatic rings. The van der Waals surface area contributed by atoms with E-state index in [0.717, 1.165) is 13.1 Å². The molecular weight excluding hydrogens is 254 g/mol. The Hall–Kier alpha value is -0.610. The van der Waals surface area contributed by atoms with Crippen molar-refractivity contribution in [2.75, 3.05) is 18.0 Å². The Kier molecular flexibility index (Phi) is 3.56. The Morgan fingerprint density at radius 3 is 2.58 bits per heavy atom. The number of thiazole rings is 1. The summed E-state index contributed by atoms with van der Waals surface area (Å²) in [5, 5.41) is 1.22. The first-order valence-corrected chi connectivity index (χ1v) is 8.41. The monoisotopic (exact) mass is 279 g/mol. The minimum atomic E-state index is 0.545. The first-order valence-electron chi connectivity index (χ1n) is 7.60. The van der Waals surface area contributed by atoms with E-state index in [1.54, 1.807) is 0 Å². The van der Waals surface area contributed by atoms with Crippen LogP contribution in [-0.2, 0) is 6.54 Å². The van der Waals surface area contributed by atoms with E-state index in [1.807, 2.05) is 11.3 Å². The Morgan fingerprint density at radius 1 is 1.37 bits per heavy atom. The van der Waals surface area contributed by atoms with Gasteiger partial charge in [-0.15, -0.1) is 11.3 Å². The maximum Gasteiger partial charge on any atom is 0.185 e. The molecule has 1 aromatic heterocycles. The van der Waals surface area contributed by atoms with Gasteiger partial charge in [0.15, 0.2) is 5.13 Å². The summed E-state index contributed by atoms with van der Waals surface area (Å²) in [7, 11) is 0. The van der Waals surface area contributed by atoms with Gasteiger partial charge in [0.1, 0.15) is 0 Å². The zero-order chi connectivity index (χ0) is 13.5. The summed E-state index contributed by atoms with van der Waals surface area (Å²) in [5.41, 5.74) is 7.73. The first kappa shape index (κ1) is 13.4. The summed E-state index contributed by atoms with van der Waals surface area (Å²) in [6, 6.07) is 0. The van der Waals surface area contributed by atoms with Crippen molar-refractivity contribution >= 4 is 16.5 Å². The molecule has 2 N–H and O–H groups in total. The summed E-state index contributed by atoms with van der Waals surface area (Å²) in [6.07, 6.45) is 6.49. The number of nitrogens with two attached hydrogens (primary N) is 1. The molecule has 2 aliphatic rings. The van der Waals surface area contributed by atoms with E-state index >= 15 is 0 Å². The summed E-state index contributed by atoms with van der Waals surface area (Å²) >= 11 is 1.83. The number of rotatable bonds is 4. The number of hydrogen-bond donors (Lipinski definition) is 1. The van der Waals surface area contributed by atoms with Crippen molar-refractivity contribution in [1.82, 2.24) is 4.98 Å². The largest absolute Gasteiger partial charge is 0.348 e. The second kappa shape index (κ2) is 5.06. The maximum atomic E-state index is 5.88. The van der Waals surface area contributed by atoms with Crippen LogP contribution in [-0.4, -0.2) is 18.1 Å². The van der Waals surface area contributed by atoms with Crippen molar-refractivity contribution in [3.8, 4) is 0 Å². The standard InChI is InChI=1S/C15H25N3S/c1-3-15(2)6-8-18(9-7-15)14-17-13(11-4-5-11)12(10-16)19-14/h11H,3-10,16H2,1-2H3. The summed E-state index contributed by atoms with van der Waals surface area (Å²) < 4.78 is 0. The molecule has 3 nitrogen and oxygen atoms in total. The quantitative estimate of drug-likeness (QED) is 0.917. The molecule has 1 saturated carbocycles. The molecule has 3 rings (SSSR count). The molecule has 0 amide bonds. The Morgan fingerprint density at radius 2 is 2.05 bits per heavy atom. The zero-order valence-corrected chi connectivity index (χ0v) is 12.9. The molecule has 0 radical (unpaired) electrons. The van der Waals surface area contributed by atoms with Gasteiger partial charge in [-0.3, -0.25) is 0 Å². The molecule has 0 unspecified atom stereocenters. The Balaban J connectivity index is 1.73. The van der Waals surface area contributed by atoms with Crippen LogP contribution in [0.15, 0.2) is 0 Å². The third kappa shape index (κ3) is 2.65. The van der Waals surface area contributed by atoms with E-state index in [4.69, 9.17) is 10.7 Å². The maximum absolute atomic E-state index is 5.88. The van der Waals surface area contributed by atoms with Crippen molar-refractivity contribution in [3.05, 3.63) is 10.6 Å². The van der Waals surface area contributed by atoms with E-state index in [1.165, 1.54) is 47.8 Å². The number of piperidine rings is 1. The molecule has 19 heavy (non-hydrogen) atoms. The molecule has 0 atom stereocenters. The van der Waals surface area contributed by atoms with E-state index in [2.05, 4.69) is 18.7 Å². The lowest BCUT2D eigenvalue weighted by Crippen LogP contribution is -2.38. The minimum absolute atomic E-state index is 0.545. The molecule has 1 aliphatic carbocycles. The van der Waals surface area contributed by atoms with E-state index in [0.29, 0.717) is 17.9 Å². The number of anilines is 1. The molecule has 0 bridgehead atoms. The van der Waals surface area contributed by atoms with Gasteiger partial charge >= 0.3 is 0 Å². The number of hydrogen-bond acceptors (Lipinski definition) is 4. The fourth-order valence-corrected chi connectivity index (χ4v) is 3.98. The zero-order valence-electron chi connectivity index (χ0n) is 12.1. The molecule has 2 heterocycles. The minimum Gasteiger partial charge on any atom is -0.348 e. The van der Waals surface area contributed by atoms with Crippen molar-refractivity contribution in [2.24, 2.45) is 11.1 Å². The van der Waals surface area contributed by atoms with Crippen molar-refractivity contribution in [1.29, 1.82) is 0 Å². The highest BCUT2D eigenvalue weighted by Gasteiger charge is 2.32. The third-order valence-electron chi connectivity index (χ3n) is 4.96. The van der Waals surface area contributed by atoms with Crippen LogP contribution in [0, 0.1) is 5.41 Å². The molecule has 0 spiro atoms. The molecule has 2 fully saturated rings. The van der Waals surface area contributed by atoms with Gasteiger partial charge in [0.2, 0.25) is 0 Å². The van der Waals surface area contributed by atoms with Crippen LogP contribution >= 0.6 is 11.3 Å².